The summed E-state index contributed by atoms with van der Waals surface area (Å²) >= 11 is 2.01. The van der Waals surface area contributed by atoms with Gasteiger partial charge in [0, 0.05) is 31.9 Å². The van der Waals surface area contributed by atoms with E-state index in [2.05, 4.69) is 20.9 Å². The zero-order valence-corrected chi connectivity index (χ0v) is 15.8. The van der Waals surface area contributed by atoms with Gasteiger partial charge >= 0.3 is 0 Å². The second-order valence-electron chi connectivity index (χ2n) is 4.75. The Labute approximate surface area is 152 Å². The molecule has 0 aromatic carbocycles. The van der Waals surface area contributed by atoms with Gasteiger partial charge in [0.1, 0.15) is 0 Å². The predicted molar refractivity (Wildman–Crippen MR) is 101 cm³/mol. The number of nitrogens with one attached hydrogen (secondary N) is 3. The number of hydrogen-bond acceptors (Lipinski definition) is 4. The average Bonchev–Trinajstić information content (AvgIpc) is 3.19. The van der Waals surface area contributed by atoms with Gasteiger partial charge < -0.3 is 20.4 Å². The molecule has 0 bridgehead atoms. The average molecular weight is 438 g/mol. The molecule has 3 N–H and O–H groups in total. The molecule has 1 unspecified atom stereocenters. The number of aliphatic imine (C=N–C) groups is 1. The number of hydrogen-bond donors (Lipinski definition) is 3. The second kappa shape index (κ2) is 10.8. The Morgan fingerprint density at radius 2 is 2.23 bits per heavy atom. The van der Waals surface area contributed by atoms with Crippen LogP contribution in [0.25, 0.3) is 0 Å². The van der Waals surface area contributed by atoms with Gasteiger partial charge in [-0.25, -0.2) is 0 Å². The van der Waals surface area contributed by atoms with Crippen LogP contribution in [0, 0.1) is 0 Å². The maximum atomic E-state index is 11.6. The monoisotopic (exact) mass is 438 g/mol. The second-order valence-corrected chi connectivity index (χ2v) is 6.16. The Bertz CT molecular complexity index is 461. The van der Waals surface area contributed by atoms with E-state index in [0.717, 1.165) is 12.5 Å². The fourth-order valence-corrected chi connectivity index (χ4v) is 3.29. The van der Waals surface area contributed by atoms with Crippen molar-refractivity contribution < 1.29 is 9.21 Å². The third-order valence-electron chi connectivity index (χ3n) is 3.19. The van der Waals surface area contributed by atoms with Gasteiger partial charge in [0.2, 0.25) is 0 Å². The van der Waals surface area contributed by atoms with Crippen LogP contribution in [0.15, 0.2) is 27.8 Å². The van der Waals surface area contributed by atoms with Crippen LogP contribution in [0.2, 0.25) is 0 Å². The van der Waals surface area contributed by atoms with Crippen molar-refractivity contribution in [2.24, 2.45) is 4.99 Å². The number of amides is 1. The molecule has 1 aromatic heterocycles. The molecule has 2 rings (SSSR count). The summed E-state index contributed by atoms with van der Waals surface area (Å²) in [5.41, 5.74) is 0. The van der Waals surface area contributed by atoms with E-state index in [0.29, 0.717) is 24.1 Å². The Balaban J connectivity index is 0.00000242. The number of guanidine groups is 1. The van der Waals surface area contributed by atoms with Crippen LogP contribution in [0.5, 0.6) is 0 Å². The molecular formula is C14H23IN4O2S. The number of carbonyl (C=O) groups excluding carboxylic acids is 1. The van der Waals surface area contributed by atoms with Gasteiger partial charge in [0.05, 0.1) is 6.26 Å². The standard InChI is InChI=1S/C14H22N4O2S.HI/c1-15-14(18-10-11-4-3-9-21-11)17-7-6-16-13(19)12-5-2-8-20-12;/h2,5,8,11H,3-4,6-7,9-10H2,1H3,(H,16,19)(H2,15,17,18);1H. The lowest BCUT2D eigenvalue weighted by molar-refractivity contribution is 0.0926. The smallest absolute Gasteiger partial charge is 0.287 e. The largest absolute Gasteiger partial charge is 0.459 e. The van der Waals surface area contributed by atoms with Crippen LogP contribution >= 0.6 is 35.7 Å². The van der Waals surface area contributed by atoms with E-state index in [1.807, 2.05) is 11.8 Å². The lowest BCUT2D eigenvalue weighted by Crippen LogP contribution is -2.43. The summed E-state index contributed by atoms with van der Waals surface area (Å²) in [5.74, 6) is 2.16. The fourth-order valence-electron chi connectivity index (χ4n) is 2.09. The molecule has 0 saturated carbocycles. The third kappa shape index (κ3) is 6.47. The molecule has 124 valence electrons. The van der Waals surface area contributed by atoms with Crippen molar-refractivity contribution in [2.45, 2.75) is 18.1 Å². The zero-order valence-electron chi connectivity index (χ0n) is 12.6. The molecule has 6 nitrogen and oxygen atoms in total. The minimum atomic E-state index is -0.202. The molecule has 1 amide bonds. The number of nitrogens with zero attached hydrogens (tertiary/aromatic N) is 1. The van der Waals surface area contributed by atoms with E-state index < -0.39 is 0 Å². The molecule has 0 spiro atoms. The first-order valence-electron chi connectivity index (χ1n) is 7.17. The first kappa shape index (κ1) is 19.1. The maximum absolute atomic E-state index is 11.6. The molecule has 0 aliphatic carbocycles. The van der Waals surface area contributed by atoms with Crippen molar-refractivity contribution in [3.63, 3.8) is 0 Å². The van der Waals surface area contributed by atoms with Gasteiger partial charge in [-0.3, -0.25) is 9.79 Å². The van der Waals surface area contributed by atoms with E-state index in [1.54, 1.807) is 19.2 Å². The highest BCUT2D eigenvalue weighted by Crippen LogP contribution is 2.25. The maximum Gasteiger partial charge on any atom is 0.287 e. The van der Waals surface area contributed by atoms with E-state index >= 15 is 0 Å². The van der Waals surface area contributed by atoms with Crippen LogP contribution in [-0.4, -0.2) is 49.6 Å². The molecule has 0 radical (unpaired) electrons. The van der Waals surface area contributed by atoms with E-state index in [1.165, 1.54) is 24.9 Å². The van der Waals surface area contributed by atoms with Crippen LogP contribution in [-0.2, 0) is 0 Å². The number of rotatable bonds is 6. The fraction of sp³-hybridized carbons (Fsp3) is 0.571. The van der Waals surface area contributed by atoms with E-state index in [4.69, 9.17) is 4.42 Å². The van der Waals surface area contributed by atoms with E-state index in [9.17, 15) is 4.79 Å². The first-order chi connectivity index (χ1) is 10.3. The summed E-state index contributed by atoms with van der Waals surface area (Å²) in [6, 6.07) is 3.34. The normalized spacial score (nSPS) is 17.7. The Morgan fingerprint density at radius 1 is 1.41 bits per heavy atom. The van der Waals surface area contributed by atoms with Crippen molar-refractivity contribution in [3.8, 4) is 0 Å². The zero-order chi connectivity index (χ0) is 14.9. The van der Waals surface area contributed by atoms with Gasteiger partial charge in [0.25, 0.3) is 5.91 Å². The minimum absolute atomic E-state index is 0. The molecule has 1 aliphatic heterocycles. The number of halogens is 1. The lowest BCUT2D eigenvalue weighted by atomic mass is 10.2. The summed E-state index contributed by atoms with van der Waals surface area (Å²) < 4.78 is 5.02. The number of furan rings is 1. The summed E-state index contributed by atoms with van der Waals surface area (Å²) in [6.45, 7) is 2.06. The number of thioether (sulfide) groups is 1. The molecule has 1 aliphatic rings. The van der Waals surface area contributed by atoms with Gasteiger partial charge in [-0.05, 0) is 30.7 Å². The lowest BCUT2D eigenvalue weighted by Gasteiger charge is -2.14. The molecule has 1 atom stereocenters. The molecule has 8 heteroatoms. The molecule has 1 fully saturated rings. The van der Waals surface area contributed by atoms with Crippen molar-refractivity contribution in [1.82, 2.24) is 16.0 Å². The van der Waals surface area contributed by atoms with Crippen LogP contribution in [0.1, 0.15) is 23.4 Å². The summed E-state index contributed by atoms with van der Waals surface area (Å²) in [6.07, 6.45) is 4.07. The minimum Gasteiger partial charge on any atom is -0.459 e. The molecule has 22 heavy (non-hydrogen) atoms. The molecule has 1 aromatic rings. The third-order valence-corrected chi connectivity index (χ3v) is 4.59. The topological polar surface area (TPSA) is 78.7 Å². The predicted octanol–water partition coefficient (Wildman–Crippen LogP) is 1.69. The quantitative estimate of drug-likeness (QED) is 0.273. The summed E-state index contributed by atoms with van der Waals surface area (Å²) in [4.78, 5) is 15.8. The first-order valence-corrected chi connectivity index (χ1v) is 8.22. The van der Waals surface area contributed by atoms with Crippen LogP contribution in [0.3, 0.4) is 0 Å². The van der Waals surface area contributed by atoms with Gasteiger partial charge in [0.15, 0.2) is 11.7 Å². The number of carbonyl (C=O) groups is 1. The van der Waals surface area contributed by atoms with Crippen LogP contribution in [0.4, 0.5) is 0 Å². The van der Waals surface area contributed by atoms with Crippen molar-refractivity contribution >= 4 is 47.6 Å². The van der Waals surface area contributed by atoms with Gasteiger partial charge in [-0.2, -0.15) is 11.8 Å². The van der Waals surface area contributed by atoms with Crippen molar-refractivity contribution in [2.75, 3.05) is 32.4 Å². The molecule has 1 saturated heterocycles. The Morgan fingerprint density at radius 3 is 2.86 bits per heavy atom. The van der Waals surface area contributed by atoms with Gasteiger partial charge in [-0.15, -0.1) is 24.0 Å². The summed E-state index contributed by atoms with van der Waals surface area (Å²) in [5, 5.41) is 9.95. The summed E-state index contributed by atoms with van der Waals surface area (Å²) in [7, 11) is 1.75. The molecular weight excluding hydrogens is 415 g/mol. The highest BCUT2D eigenvalue weighted by molar-refractivity contribution is 14.0. The van der Waals surface area contributed by atoms with Crippen molar-refractivity contribution in [1.29, 1.82) is 0 Å². The Hall–Kier alpha value is -0.900. The van der Waals surface area contributed by atoms with Crippen LogP contribution < -0.4 is 16.0 Å². The SMILES string of the molecule is CN=C(NCCNC(=O)c1ccco1)NCC1CCCS1.I. The van der Waals surface area contributed by atoms with Gasteiger partial charge in [-0.1, -0.05) is 0 Å². The highest BCUT2D eigenvalue weighted by Gasteiger charge is 2.15. The Kier molecular flexibility index (Phi) is 9.37. The molecule has 2 heterocycles. The van der Waals surface area contributed by atoms with Crippen molar-refractivity contribution in [3.05, 3.63) is 24.2 Å². The highest BCUT2D eigenvalue weighted by atomic mass is 127. The van der Waals surface area contributed by atoms with E-state index in [-0.39, 0.29) is 29.9 Å².